The van der Waals surface area contributed by atoms with E-state index >= 15 is 0 Å². The molecular weight excluding hydrogens is 236 g/mol. The number of carbonyl (C=O) groups is 1. The fourth-order valence-electron chi connectivity index (χ4n) is 2.62. The molecule has 1 aromatic rings. The van der Waals surface area contributed by atoms with Crippen molar-refractivity contribution in [3.63, 3.8) is 0 Å². The molecule has 1 amide bonds. The van der Waals surface area contributed by atoms with Gasteiger partial charge in [-0.3, -0.25) is 4.79 Å². The second-order valence-electron chi connectivity index (χ2n) is 5.18. The quantitative estimate of drug-likeness (QED) is 0.881. The number of likely N-dealkylation sites (N-methyl/N-ethyl adjacent to an activating group) is 1. The van der Waals surface area contributed by atoms with Crippen LogP contribution in [0, 0.1) is 0 Å². The summed E-state index contributed by atoms with van der Waals surface area (Å²) in [6, 6.07) is 8.34. The lowest BCUT2D eigenvalue weighted by atomic mass is 9.95. The first kappa shape index (κ1) is 14.1. The number of nitrogens with zero attached hydrogens (tertiary/aromatic N) is 1. The molecule has 1 atom stereocenters. The maximum atomic E-state index is 12.5. The molecule has 104 valence electrons. The van der Waals surface area contributed by atoms with E-state index < -0.39 is 0 Å². The number of benzene rings is 1. The third-order valence-electron chi connectivity index (χ3n) is 3.85. The smallest absolute Gasteiger partial charge is 0.240 e. The molecule has 1 aliphatic rings. The van der Waals surface area contributed by atoms with E-state index in [2.05, 4.69) is 43.4 Å². The standard InChI is InChI=1S/C16H24N2O/c1-3-5-10-18(4-2)16(19)15-11-13-8-6-7-9-14(13)12-17-15/h6-9,15,17H,3-5,10-12H2,1-2H3/t15-/m0/s1. The SMILES string of the molecule is CCCCN(CC)C(=O)[C@@H]1Cc2ccccc2CN1. The van der Waals surface area contributed by atoms with Gasteiger partial charge in [-0.05, 0) is 30.9 Å². The van der Waals surface area contributed by atoms with Crippen molar-refractivity contribution < 1.29 is 4.79 Å². The molecule has 0 aromatic heterocycles. The normalized spacial score (nSPS) is 17.9. The molecule has 0 fully saturated rings. The van der Waals surface area contributed by atoms with Crippen molar-refractivity contribution in [2.45, 2.75) is 45.7 Å². The van der Waals surface area contributed by atoms with Crippen molar-refractivity contribution in [3.8, 4) is 0 Å². The van der Waals surface area contributed by atoms with Crippen LogP contribution in [0.3, 0.4) is 0 Å². The van der Waals surface area contributed by atoms with Crippen LogP contribution in [0.5, 0.6) is 0 Å². The average Bonchev–Trinajstić information content (AvgIpc) is 2.47. The highest BCUT2D eigenvalue weighted by atomic mass is 16.2. The summed E-state index contributed by atoms with van der Waals surface area (Å²) in [6.45, 7) is 6.71. The van der Waals surface area contributed by atoms with Crippen LogP contribution in [0.2, 0.25) is 0 Å². The maximum Gasteiger partial charge on any atom is 0.240 e. The van der Waals surface area contributed by atoms with Gasteiger partial charge in [0.15, 0.2) is 0 Å². The molecule has 0 radical (unpaired) electrons. The molecule has 1 aromatic carbocycles. The third-order valence-corrected chi connectivity index (χ3v) is 3.85. The summed E-state index contributed by atoms with van der Waals surface area (Å²) in [5.74, 6) is 0.255. The van der Waals surface area contributed by atoms with E-state index in [1.165, 1.54) is 11.1 Å². The van der Waals surface area contributed by atoms with Crippen molar-refractivity contribution in [3.05, 3.63) is 35.4 Å². The predicted molar refractivity (Wildman–Crippen MR) is 77.9 cm³/mol. The van der Waals surface area contributed by atoms with Crippen LogP contribution in [0.1, 0.15) is 37.8 Å². The molecule has 0 bridgehead atoms. The van der Waals surface area contributed by atoms with Gasteiger partial charge in [0.1, 0.15) is 0 Å². The molecule has 0 aliphatic carbocycles. The van der Waals surface area contributed by atoms with Gasteiger partial charge in [-0.2, -0.15) is 0 Å². The second-order valence-corrected chi connectivity index (χ2v) is 5.18. The zero-order chi connectivity index (χ0) is 13.7. The molecule has 0 saturated heterocycles. The summed E-state index contributed by atoms with van der Waals surface area (Å²) >= 11 is 0. The van der Waals surface area contributed by atoms with Crippen LogP contribution in [-0.4, -0.2) is 29.9 Å². The summed E-state index contributed by atoms with van der Waals surface area (Å²) in [5, 5.41) is 3.38. The topological polar surface area (TPSA) is 32.3 Å². The van der Waals surface area contributed by atoms with Gasteiger partial charge in [0, 0.05) is 19.6 Å². The summed E-state index contributed by atoms with van der Waals surface area (Å²) in [4.78, 5) is 14.5. The number of amides is 1. The Kier molecular flexibility index (Phi) is 4.97. The number of carbonyl (C=O) groups excluding carboxylic acids is 1. The van der Waals surface area contributed by atoms with Gasteiger partial charge in [-0.25, -0.2) is 0 Å². The Morgan fingerprint density at radius 3 is 2.74 bits per heavy atom. The van der Waals surface area contributed by atoms with Crippen LogP contribution >= 0.6 is 0 Å². The lowest BCUT2D eigenvalue weighted by Gasteiger charge is -2.30. The second kappa shape index (κ2) is 6.71. The number of hydrogen-bond acceptors (Lipinski definition) is 2. The lowest BCUT2D eigenvalue weighted by molar-refractivity contribution is -0.133. The van der Waals surface area contributed by atoms with Gasteiger partial charge < -0.3 is 10.2 Å². The Labute approximate surface area is 116 Å². The average molecular weight is 260 g/mol. The highest BCUT2D eigenvalue weighted by Crippen LogP contribution is 2.17. The molecule has 0 unspecified atom stereocenters. The number of nitrogens with one attached hydrogen (secondary N) is 1. The number of hydrogen-bond donors (Lipinski definition) is 1. The van der Waals surface area contributed by atoms with Crippen LogP contribution in [0.15, 0.2) is 24.3 Å². The summed E-state index contributed by atoms with van der Waals surface area (Å²) in [5.41, 5.74) is 2.63. The zero-order valence-corrected chi connectivity index (χ0v) is 12.0. The van der Waals surface area contributed by atoms with E-state index in [9.17, 15) is 4.79 Å². The van der Waals surface area contributed by atoms with Crippen molar-refractivity contribution in [2.75, 3.05) is 13.1 Å². The number of unbranched alkanes of at least 4 members (excludes halogenated alkanes) is 1. The Morgan fingerprint density at radius 2 is 2.05 bits per heavy atom. The molecule has 1 heterocycles. The van der Waals surface area contributed by atoms with Crippen molar-refractivity contribution >= 4 is 5.91 Å². The monoisotopic (exact) mass is 260 g/mol. The molecule has 2 rings (SSSR count). The molecule has 19 heavy (non-hydrogen) atoms. The fourth-order valence-corrected chi connectivity index (χ4v) is 2.62. The molecule has 1 aliphatic heterocycles. The van der Waals surface area contributed by atoms with Gasteiger partial charge in [-0.1, -0.05) is 37.6 Å². The third kappa shape index (κ3) is 3.35. The highest BCUT2D eigenvalue weighted by Gasteiger charge is 2.26. The van der Waals surface area contributed by atoms with E-state index in [1.54, 1.807) is 0 Å². The largest absolute Gasteiger partial charge is 0.342 e. The minimum Gasteiger partial charge on any atom is -0.342 e. The maximum absolute atomic E-state index is 12.5. The number of rotatable bonds is 5. The van der Waals surface area contributed by atoms with E-state index in [1.807, 2.05) is 4.90 Å². The zero-order valence-electron chi connectivity index (χ0n) is 12.0. The van der Waals surface area contributed by atoms with Gasteiger partial charge >= 0.3 is 0 Å². The lowest BCUT2D eigenvalue weighted by Crippen LogP contribution is -2.49. The predicted octanol–water partition coefficient (Wildman–Crippen LogP) is 2.35. The first-order chi connectivity index (χ1) is 9.26. The molecule has 0 spiro atoms. The van der Waals surface area contributed by atoms with Crippen LogP contribution in [-0.2, 0) is 17.8 Å². The van der Waals surface area contributed by atoms with Gasteiger partial charge in [0.25, 0.3) is 0 Å². The molecule has 1 N–H and O–H groups in total. The van der Waals surface area contributed by atoms with Gasteiger partial charge in [0.05, 0.1) is 6.04 Å². The number of fused-ring (bicyclic) bond motifs is 1. The van der Waals surface area contributed by atoms with Crippen LogP contribution in [0.4, 0.5) is 0 Å². The summed E-state index contributed by atoms with van der Waals surface area (Å²) in [7, 11) is 0. The highest BCUT2D eigenvalue weighted by molar-refractivity contribution is 5.82. The fraction of sp³-hybridized carbons (Fsp3) is 0.562. The molecule has 3 heteroatoms. The first-order valence-corrected chi connectivity index (χ1v) is 7.35. The van der Waals surface area contributed by atoms with Crippen LogP contribution < -0.4 is 5.32 Å². The van der Waals surface area contributed by atoms with Crippen LogP contribution in [0.25, 0.3) is 0 Å². The molecular formula is C16H24N2O. The Balaban J connectivity index is 2.01. The summed E-state index contributed by atoms with van der Waals surface area (Å²) in [6.07, 6.45) is 3.03. The molecule has 3 nitrogen and oxygen atoms in total. The van der Waals surface area contributed by atoms with E-state index in [0.29, 0.717) is 0 Å². The van der Waals surface area contributed by atoms with Crippen molar-refractivity contribution in [2.24, 2.45) is 0 Å². The van der Waals surface area contributed by atoms with E-state index in [4.69, 9.17) is 0 Å². The van der Waals surface area contributed by atoms with E-state index in [-0.39, 0.29) is 11.9 Å². The van der Waals surface area contributed by atoms with Crippen molar-refractivity contribution in [1.82, 2.24) is 10.2 Å². The Hall–Kier alpha value is -1.35. The first-order valence-electron chi connectivity index (χ1n) is 7.35. The Bertz CT molecular complexity index is 431. The minimum absolute atomic E-state index is 0.0493. The van der Waals surface area contributed by atoms with Crippen molar-refractivity contribution in [1.29, 1.82) is 0 Å². The summed E-state index contributed by atoms with van der Waals surface area (Å²) < 4.78 is 0. The molecule has 0 saturated carbocycles. The Morgan fingerprint density at radius 1 is 1.32 bits per heavy atom. The van der Waals surface area contributed by atoms with Gasteiger partial charge in [-0.15, -0.1) is 0 Å². The van der Waals surface area contributed by atoms with Gasteiger partial charge in [0.2, 0.25) is 5.91 Å². The van der Waals surface area contributed by atoms with E-state index in [0.717, 1.165) is 38.9 Å². The minimum atomic E-state index is -0.0493.